The van der Waals surface area contributed by atoms with E-state index < -0.39 is 5.25 Å². The van der Waals surface area contributed by atoms with Crippen molar-refractivity contribution in [3.05, 3.63) is 47.5 Å². The summed E-state index contributed by atoms with van der Waals surface area (Å²) in [4.78, 5) is 27.7. The van der Waals surface area contributed by atoms with Crippen LogP contribution in [-0.4, -0.2) is 93.5 Å². The minimum Gasteiger partial charge on any atom is -0.494 e. The number of ether oxygens (including phenoxy) is 6. The number of benzene rings is 2. The first kappa shape index (κ1) is 37.8. The van der Waals surface area contributed by atoms with E-state index in [4.69, 9.17) is 28.4 Å². The molecule has 3 fully saturated rings. The lowest BCUT2D eigenvalue weighted by Crippen LogP contribution is -2.43. The first-order valence-corrected chi connectivity index (χ1v) is 21.5. The fourth-order valence-electron chi connectivity index (χ4n) is 8.99. The van der Waals surface area contributed by atoms with Crippen LogP contribution in [0.1, 0.15) is 75.3 Å². The van der Waals surface area contributed by atoms with Crippen molar-refractivity contribution < 1.29 is 43.1 Å². The molecular formula is C40H53NO9S2. The second-order valence-corrected chi connectivity index (χ2v) is 17.5. The van der Waals surface area contributed by atoms with Crippen LogP contribution in [0.3, 0.4) is 0 Å². The standard InChI is InChI=1S/C40H53NO9S2/c1-40-13-12-31-30-8-6-29(24-27(30)4-7-32(31)33(40)9-11-37(40)42)48-14-2-3-23-51-52-36-26-38(43)41(39(36)44)28-5-10-34-35(25-28)50-22-20-47-18-16-45-15-17-46-19-21-49-34/h5-6,8,10,24-25,31-33,36-37,42H,2-4,7,9,11-23,26H2,1H3/t31-,32-,33+,36?,37+,40+/m1/s1. The number of imide groups is 1. The number of aryl methyl sites for hydroxylation is 1. The van der Waals surface area contributed by atoms with Gasteiger partial charge < -0.3 is 33.5 Å². The van der Waals surface area contributed by atoms with E-state index >= 15 is 0 Å². The maximum atomic E-state index is 13.4. The second kappa shape index (κ2) is 17.8. The van der Waals surface area contributed by atoms with Gasteiger partial charge in [-0.1, -0.05) is 34.6 Å². The van der Waals surface area contributed by atoms with Gasteiger partial charge in [0.25, 0.3) is 0 Å². The molecule has 3 aliphatic carbocycles. The summed E-state index contributed by atoms with van der Waals surface area (Å²) in [6, 6.07) is 11.9. The van der Waals surface area contributed by atoms with Crippen LogP contribution in [-0.2, 0) is 30.2 Å². The van der Waals surface area contributed by atoms with Crippen LogP contribution in [0.2, 0.25) is 0 Å². The van der Waals surface area contributed by atoms with Crippen molar-refractivity contribution in [2.45, 2.75) is 82.0 Å². The molecule has 0 radical (unpaired) electrons. The van der Waals surface area contributed by atoms with Crippen LogP contribution in [0.15, 0.2) is 36.4 Å². The molecule has 2 aliphatic heterocycles. The van der Waals surface area contributed by atoms with Gasteiger partial charge in [-0.05, 0) is 110 Å². The van der Waals surface area contributed by atoms with Crippen LogP contribution in [0, 0.1) is 17.3 Å². The number of rotatable bonds is 9. The van der Waals surface area contributed by atoms with Crippen LogP contribution in [0.4, 0.5) is 5.69 Å². The molecule has 12 heteroatoms. The lowest BCUT2D eigenvalue weighted by Gasteiger charge is -2.50. The Labute approximate surface area is 315 Å². The number of anilines is 1. The third-order valence-corrected chi connectivity index (χ3v) is 14.5. The second-order valence-electron chi connectivity index (χ2n) is 14.8. The Kier molecular flexibility index (Phi) is 12.9. The molecule has 2 aromatic rings. The minimum atomic E-state index is -0.428. The summed E-state index contributed by atoms with van der Waals surface area (Å²) >= 11 is 0. The number of carbonyl (C=O) groups is 2. The van der Waals surface area contributed by atoms with E-state index in [1.54, 1.807) is 29.0 Å². The molecule has 2 amide bonds. The largest absolute Gasteiger partial charge is 0.494 e. The summed E-state index contributed by atoms with van der Waals surface area (Å²) in [6.45, 7) is 6.29. The monoisotopic (exact) mass is 755 g/mol. The van der Waals surface area contributed by atoms with Gasteiger partial charge in [0.15, 0.2) is 11.5 Å². The highest BCUT2D eigenvalue weighted by atomic mass is 33.1. The molecule has 0 spiro atoms. The third-order valence-electron chi connectivity index (χ3n) is 11.7. The Bertz CT molecular complexity index is 1540. The van der Waals surface area contributed by atoms with Gasteiger partial charge >= 0.3 is 0 Å². The van der Waals surface area contributed by atoms with Crippen molar-refractivity contribution in [3.63, 3.8) is 0 Å². The number of hydrogen-bond acceptors (Lipinski definition) is 11. The summed E-state index contributed by atoms with van der Waals surface area (Å²) in [6.07, 6.45) is 8.68. The lowest BCUT2D eigenvalue weighted by molar-refractivity contribution is -0.121. The number of aliphatic hydroxyl groups excluding tert-OH is 1. The number of nitrogens with zero attached hydrogens (tertiary/aromatic N) is 1. The van der Waals surface area contributed by atoms with Crippen molar-refractivity contribution >= 4 is 39.1 Å². The van der Waals surface area contributed by atoms with Crippen molar-refractivity contribution in [1.82, 2.24) is 0 Å². The molecule has 0 bridgehead atoms. The van der Waals surface area contributed by atoms with Gasteiger partial charge in [-0.25, -0.2) is 4.90 Å². The van der Waals surface area contributed by atoms with Crippen molar-refractivity contribution in [2.75, 3.05) is 70.1 Å². The molecular weight excluding hydrogens is 703 g/mol. The van der Waals surface area contributed by atoms with E-state index in [0.717, 1.165) is 43.6 Å². The normalized spacial score (nSPS) is 29.8. The van der Waals surface area contributed by atoms with Crippen molar-refractivity contribution in [2.24, 2.45) is 17.3 Å². The topological polar surface area (TPSA) is 113 Å². The van der Waals surface area contributed by atoms with Crippen molar-refractivity contribution in [1.29, 1.82) is 0 Å². The van der Waals surface area contributed by atoms with E-state index in [-0.39, 0.29) is 29.8 Å². The average Bonchev–Trinajstić information content (AvgIpc) is 3.61. The maximum Gasteiger partial charge on any atom is 0.248 e. The molecule has 2 saturated carbocycles. The molecule has 284 valence electrons. The number of fused-ring (bicyclic) bond motifs is 6. The minimum absolute atomic E-state index is 0.110. The Morgan fingerprint density at radius 1 is 0.865 bits per heavy atom. The van der Waals surface area contributed by atoms with Crippen molar-refractivity contribution in [3.8, 4) is 17.2 Å². The highest BCUT2D eigenvalue weighted by Crippen LogP contribution is 2.61. The molecule has 7 rings (SSSR count). The molecule has 2 heterocycles. The zero-order chi connectivity index (χ0) is 35.9. The van der Waals surface area contributed by atoms with Gasteiger partial charge in [-0.15, -0.1) is 0 Å². The van der Waals surface area contributed by atoms with E-state index in [2.05, 4.69) is 25.1 Å². The van der Waals surface area contributed by atoms with Gasteiger partial charge in [-0.3, -0.25) is 9.59 Å². The van der Waals surface area contributed by atoms with E-state index in [1.165, 1.54) is 46.1 Å². The quantitative estimate of drug-likeness (QED) is 0.170. The number of carbonyl (C=O) groups excluding carboxylic acids is 2. The lowest BCUT2D eigenvalue weighted by atomic mass is 9.55. The smallest absolute Gasteiger partial charge is 0.248 e. The molecule has 1 N–H and O–H groups in total. The molecule has 1 saturated heterocycles. The van der Waals surface area contributed by atoms with Gasteiger partial charge in [0, 0.05) is 18.2 Å². The fraction of sp³-hybridized carbons (Fsp3) is 0.650. The predicted octanol–water partition coefficient (Wildman–Crippen LogP) is 6.60. The van der Waals surface area contributed by atoms with Gasteiger partial charge in [-0.2, -0.15) is 0 Å². The summed E-state index contributed by atoms with van der Waals surface area (Å²) in [5, 5.41) is 10.3. The van der Waals surface area contributed by atoms with Gasteiger partial charge in [0.05, 0.1) is 58.0 Å². The van der Waals surface area contributed by atoms with E-state index in [0.29, 0.717) is 94.4 Å². The van der Waals surface area contributed by atoms with Gasteiger partial charge in [0.2, 0.25) is 11.8 Å². The number of unbranched alkanes of at least 4 members (excludes halogenated alkanes) is 1. The van der Waals surface area contributed by atoms with Gasteiger partial charge in [0.1, 0.15) is 24.2 Å². The van der Waals surface area contributed by atoms with Crippen LogP contribution in [0.25, 0.3) is 0 Å². The highest BCUT2D eigenvalue weighted by molar-refractivity contribution is 8.77. The zero-order valence-corrected chi connectivity index (χ0v) is 31.9. The SMILES string of the molecule is C[C@]12CC[C@@H]3c4ccc(OCCCCSSC5CC(=O)N(c6ccc7c(c6)OCCOCCOCCOCCO7)C5=O)cc4CC[C@H]3[C@@H]1CC[C@@H]2O. The average molecular weight is 756 g/mol. The summed E-state index contributed by atoms with van der Waals surface area (Å²) in [5.74, 6) is 4.33. The third kappa shape index (κ3) is 8.57. The summed E-state index contributed by atoms with van der Waals surface area (Å²) < 4.78 is 34.6. The first-order valence-electron chi connectivity index (χ1n) is 19.1. The zero-order valence-electron chi connectivity index (χ0n) is 30.3. The van der Waals surface area contributed by atoms with E-state index in [1.807, 2.05) is 0 Å². The molecule has 2 aromatic carbocycles. The Hall–Kier alpha value is -2.48. The number of hydrogen-bond donors (Lipinski definition) is 1. The highest BCUT2D eigenvalue weighted by Gasteiger charge is 2.54. The molecule has 0 aromatic heterocycles. The molecule has 6 atom stereocenters. The molecule has 1 unspecified atom stereocenters. The number of aliphatic hydroxyl groups is 1. The predicted molar refractivity (Wildman–Crippen MR) is 203 cm³/mol. The first-order chi connectivity index (χ1) is 25.4. The Balaban J connectivity index is 0.840. The van der Waals surface area contributed by atoms with E-state index in [9.17, 15) is 14.7 Å². The Morgan fingerprint density at radius 3 is 2.40 bits per heavy atom. The Morgan fingerprint density at radius 2 is 1.62 bits per heavy atom. The van der Waals surface area contributed by atoms with Crippen LogP contribution >= 0.6 is 21.6 Å². The molecule has 5 aliphatic rings. The summed E-state index contributed by atoms with van der Waals surface area (Å²) in [5.41, 5.74) is 3.54. The number of amides is 2. The summed E-state index contributed by atoms with van der Waals surface area (Å²) in [7, 11) is 3.12. The van der Waals surface area contributed by atoms with Crippen LogP contribution in [0.5, 0.6) is 17.2 Å². The maximum absolute atomic E-state index is 13.4. The molecule has 10 nitrogen and oxygen atoms in total. The fourth-order valence-corrected chi connectivity index (χ4v) is 11.6. The molecule has 52 heavy (non-hydrogen) atoms. The van der Waals surface area contributed by atoms with Crippen LogP contribution < -0.4 is 19.1 Å².